The Morgan fingerprint density at radius 1 is 1.50 bits per heavy atom. The molecule has 84 valence electrons. The Hall–Kier alpha value is -0.340. The zero-order chi connectivity index (χ0) is 11.0. The minimum Gasteiger partial charge on any atom is -0.392 e. The Labute approximate surface area is 88.0 Å². The molecule has 0 heterocycles. The molecular formula is C12H24O2. The summed E-state index contributed by atoms with van der Waals surface area (Å²) in [6.45, 7) is 6.49. The smallest absolute Gasteiger partial charge is 0.0687 e. The van der Waals surface area contributed by atoms with E-state index in [4.69, 9.17) is 9.84 Å². The molecule has 0 aliphatic heterocycles. The second-order valence-corrected chi connectivity index (χ2v) is 4.17. The molecule has 0 spiro atoms. The van der Waals surface area contributed by atoms with Crippen molar-refractivity contribution in [3.05, 3.63) is 11.6 Å². The summed E-state index contributed by atoms with van der Waals surface area (Å²) >= 11 is 0. The van der Waals surface area contributed by atoms with Gasteiger partial charge in [-0.1, -0.05) is 31.4 Å². The lowest BCUT2D eigenvalue weighted by molar-refractivity contribution is -0.00244. The summed E-state index contributed by atoms with van der Waals surface area (Å²) in [5.74, 6) is 0. The molecule has 2 nitrogen and oxygen atoms in total. The highest BCUT2D eigenvalue weighted by molar-refractivity contribution is 5.03. The Morgan fingerprint density at radius 3 is 2.57 bits per heavy atom. The molecule has 0 aromatic heterocycles. The molecular weight excluding hydrogens is 176 g/mol. The van der Waals surface area contributed by atoms with Crippen LogP contribution in [0.4, 0.5) is 0 Å². The minimum atomic E-state index is -0.0637. The van der Waals surface area contributed by atoms with E-state index >= 15 is 0 Å². The maximum absolute atomic E-state index is 8.77. The molecule has 0 saturated heterocycles. The van der Waals surface area contributed by atoms with E-state index in [1.165, 1.54) is 18.4 Å². The van der Waals surface area contributed by atoms with Crippen LogP contribution >= 0.6 is 0 Å². The van der Waals surface area contributed by atoms with Crippen molar-refractivity contribution in [2.45, 2.75) is 52.1 Å². The molecule has 0 radical (unpaired) electrons. The van der Waals surface area contributed by atoms with E-state index in [1.807, 2.05) is 13.0 Å². The molecule has 14 heavy (non-hydrogen) atoms. The number of methoxy groups -OCH3 is 1. The van der Waals surface area contributed by atoms with Gasteiger partial charge in [0, 0.05) is 7.11 Å². The molecule has 0 rings (SSSR count). The Balaban J connectivity index is 4.16. The van der Waals surface area contributed by atoms with Crippen molar-refractivity contribution in [2.75, 3.05) is 13.7 Å². The highest BCUT2D eigenvalue weighted by atomic mass is 16.5. The van der Waals surface area contributed by atoms with Gasteiger partial charge in [0.25, 0.3) is 0 Å². The first-order valence-corrected chi connectivity index (χ1v) is 5.39. The summed E-state index contributed by atoms with van der Waals surface area (Å²) in [5.41, 5.74) is 1.14. The number of hydrogen-bond acceptors (Lipinski definition) is 2. The first-order chi connectivity index (χ1) is 6.58. The summed E-state index contributed by atoms with van der Waals surface area (Å²) in [6, 6.07) is 0. The molecule has 0 aliphatic rings. The minimum absolute atomic E-state index is 0.0637. The van der Waals surface area contributed by atoms with Crippen LogP contribution in [0.5, 0.6) is 0 Å². The highest BCUT2D eigenvalue weighted by Crippen LogP contribution is 2.25. The van der Waals surface area contributed by atoms with Gasteiger partial charge in [-0.3, -0.25) is 0 Å². The molecule has 1 N–H and O–H groups in total. The summed E-state index contributed by atoms with van der Waals surface area (Å²) < 4.78 is 5.53. The number of aliphatic hydroxyl groups is 1. The molecule has 0 fully saturated rings. The number of rotatable bonds is 7. The second kappa shape index (κ2) is 7.02. The Bertz CT molecular complexity index is 175. The van der Waals surface area contributed by atoms with Crippen LogP contribution in [-0.4, -0.2) is 24.4 Å². The van der Waals surface area contributed by atoms with E-state index in [-0.39, 0.29) is 12.2 Å². The average molecular weight is 200 g/mol. The summed E-state index contributed by atoms with van der Waals surface area (Å²) in [6.07, 6.45) is 6.22. The molecule has 0 aliphatic carbocycles. The predicted octanol–water partition coefficient (Wildman–Crippen LogP) is 2.91. The fourth-order valence-corrected chi connectivity index (χ4v) is 1.63. The van der Waals surface area contributed by atoms with Gasteiger partial charge in [0.05, 0.1) is 12.2 Å². The van der Waals surface area contributed by atoms with Crippen LogP contribution in [0.2, 0.25) is 0 Å². The molecule has 0 saturated carbocycles. The fraction of sp³-hybridized carbons (Fsp3) is 0.833. The van der Waals surface area contributed by atoms with Crippen molar-refractivity contribution in [1.29, 1.82) is 0 Å². The van der Waals surface area contributed by atoms with Crippen molar-refractivity contribution in [3.8, 4) is 0 Å². The fourth-order valence-electron chi connectivity index (χ4n) is 1.63. The van der Waals surface area contributed by atoms with Gasteiger partial charge in [-0.15, -0.1) is 0 Å². The molecule has 1 unspecified atom stereocenters. The Morgan fingerprint density at radius 2 is 2.14 bits per heavy atom. The first kappa shape index (κ1) is 13.7. The van der Waals surface area contributed by atoms with Gasteiger partial charge in [-0.25, -0.2) is 0 Å². The van der Waals surface area contributed by atoms with Crippen molar-refractivity contribution >= 4 is 0 Å². The van der Waals surface area contributed by atoms with Crippen LogP contribution in [0.3, 0.4) is 0 Å². The standard InChI is InChI=1S/C12H24O2/c1-5-6-8-12(3,14-4)10-11(2)7-9-13/h7,13H,5-6,8-10H2,1-4H3/b11-7+. The van der Waals surface area contributed by atoms with Gasteiger partial charge in [0.2, 0.25) is 0 Å². The number of ether oxygens (including phenoxy) is 1. The lowest BCUT2D eigenvalue weighted by Crippen LogP contribution is -2.27. The van der Waals surface area contributed by atoms with Gasteiger partial charge in [-0.2, -0.15) is 0 Å². The van der Waals surface area contributed by atoms with Crippen molar-refractivity contribution in [2.24, 2.45) is 0 Å². The van der Waals surface area contributed by atoms with E-state index in [2.05, 4.69) is 13.8 Å². The summed E-state index contributed by atoms with van der Waals surface area (Å²) in [7, 11) is 1.77. The maximum atomic E-state index is 8.77. The van der Waals surface area contributed by atoms with Crippen LogP contribution in [0.1, 0.15) is 46.5 Å². The normalized spacial score (nSPS) is 16.8. The van der Waals surface area contributed by atoms with E-state index in [0.29, 0.717) is 0 Å². The predicted molar refractivity (Wildman–Crippen MR) is 60.4 cm³/mol. The topological polar surface area (TPSA) is 29.5 Å². The summed E-state index contributed by atoms with van der Waals surface area (Å²) in [5, 5.41) is 8.77. The zero-order valence-electron chi connectivity index (χ0n) is 9.97. The largest absolute Gasteiger partial charge is 0.392 e. The van der Waals surface area contributed by atoms with Crippen LogP contribution in [0.15, 0.2) is 11.6 Å². The average Bonchev–Trinajstić information content (AvgIpc) is 2.15. The molecule has 0 bridgehead atoms. The van der Waals surface area contributed by atoms with Gasteiger partial charge in [-0.05, 0) is 26.7 Å². The van der Waals surface area contributed by atoms with Crippen molar-refractivity contribution in [3.63, 3.8) is 0 Å². The number of unbranched alkanes of at least 4 members (excludes halogenated alkanes) is 1. The lowest BCUT2D eigenvalue weighted by Gasteiger charge is -2.28. The first-order valence-electron chi connectivity index (χ1n) is 5.39. The number of hydrogen-bond donors (Lipinski definition) is 1. The van der Waals surface area contributed by atoms with Crippen LogP contribution < -0.4 is 0 Å². The van der Waals surface area contributed by atoms with Crippen LogP contribution in [0, 0.1) is 0 Å². The number of aliphatic hydroxyl groups excluding tert-OH is 1. The molecule has 0 amide bonds. The zero-order valence-corrected chi connectivity index (χ0v) is 9.97. The maximum Gasteiger partial charge on any atom is 0.0687 e. The molecule has 0 aromatic carbocycles. The lowest BCUT2D eigenvalue weighted by atomic mass is 9.91. The van der Waals surface area contributed by atoms with Crippen LogP contribution in [0.25, 0.3) is 0 Å². The molecule has 2 heteroatoms. The van der Waals surface area contributed by atoms with Gasteiger partial charge in [0.15, 0.2) is 0 Å². The molecule has 1 atom stereocenters. The highest BCUT2D eigenvalue weighted by Gasteiger charge is 2.22. The van der Waals surface area contributed by atoms with E-state index < -0.39 is 0 Å². The third-order valence-corrected chi connectivity index (χ3v) is 2.64. The SMILES string of the molecule is CCCCC(C)(C/C(C)=C/CO)OC. The van der Waals surface area contributed by atoms with Crippen molar-refractivity contribution in [1.82, 2.24) is 0 Å². The van der Waals surface area contributed by atoms with Crippen molar-refractivity contribution < 1.29 is 9.84 Å². The summed E-state index contributed by atoms with van der Waals surface area (Å²) in [4.78, 5) is 0. The second-order valence-electron chi connectivity index (χ2n) is 4.17. The van der Waals surface area contributed by atoms with E-state index in [9.17, 15) is 0 Å². The third-order valence-electron chi connectivity index (χ3n) is 2.64. The van der Waals surface area contributed by atoms with E-state index in [1.54, 1.807) is 7.11 Å². The van der Waals surface area contributed by atoms with Gasteiger partial charge >= 0.3 is 0 Å². The third kappa shape index (κ3) is 5.40. The van der Waals surface area contributed by atoms with Gasteiger partial charge in [0.1, 0.15) is 0 Å². The molecule has 0 aromatic rings. The van der Waals surface area contributed by atoms with E-state index in [0.717, 1.165) is 12.8 Å². The quantitative estimate of drug-likeness (QED) is 0.640. The monoisotopic (exact) mass is 200 g/mol. The van der Waals surface area contributed by atoms with Crippen LogP contribution in [-0.2, 0) is 4.74 Å². The van der Waals surface area contributed by atoms with Gasteiger partial charge < -0.3 is 9.84 Å². The Kier molecular flexibility index (Phi) is 6.85.